The van der Waals surface area contributed by atoms with Crippen LogP contribution in [0, 0.1) is 6.92 Å². The molecule has 0 aliphatic heterocycles. The molecule has 23 heavy (non-hydrogen) atoms. The summed E-state index contributed by atoms with van der Waals surface area (Å²) < 4.78 is 40.3. The van der Waals surface area contributed by atoms with Gasteiger partial charge in [0, 0.05) is 11.8 Å². The fourth-order valence-corrected chi connectivity index (χ4v) is 2.00. The molecule has 0 saturated carbocycles. The molecule has 0 aliphatic rings. The molecule has 0 bridgehead atoms. The van der Waals surface area contributed by atoms with Crippen molar-refractivity contribution in [2.75, 3.05) is 11.1 Å². The fraction of sp³-hybridized carbons (Fsp3) is 0.133. The van der Waals surface area contributed by atoms with E-state index in [9.17, 15) is 18.0 Å². The lowest BCUT2D eigenvalue weighted by atomic mass is 10.1. The number of rotatable bonds is 4. The number of nitrogens with two attached hydrogens (primary N) is 1. The van der Waals surface area contributed by atoms with Gasteiger partial charge in [0.15, 0.2) is 0 Å². The van der Waals surface area contributed by atoms with E-state index in [-0.39, 0.29) is 11.3 Å². The summed E-state index contributed by atoms with van der Waals surface area (Å²) in [4.78, 5) is 11.1. The van der Waals surface area contributed by atoms with Gasteiger partial charge in [0.25, 0.3) is 0 Å². The van der Waals surface area contributed by atoms with Gasteiger partial charge in [0.05, 0.1) is 16.9 Å². The van der Waals surface area contributed by atoms with E-state index in [2.05, 4.69) is 10.1 Å². The summed E-state index contributed by atoms with van der Waals surface area (Å²) in [5.74, 6) is -1.51. The topological polar surface area (TPSA) is 84.6 Å². The van der Waals surface area contributed by atoms with E-state index in [1.54, 1.807) is 19.1 Å². The van der Waals surface area contributed by atoms with Crippen LogP contribution in [0.1, 0.15) is 15.9 Å². The minimum atomic E-state index is -4.80. The Morgan fingerprint density at radius 1 is 1.22 bits per heavy atom. The molecule has 0 radical (unpaired) electrons. The van der Waals surface area contributed by atoms with Crippen LogP contribution in [0.2, 0.25) is 0 Å². The summed E-state index contributed by atoms with van der Waals surface area (Å²) in [7, 11) is 0. The third-order valence-electron chi connectivity index (χ3n) is 3.09. The van der Waals surface area contributed by atoms with Crippen molar-refractivity contribution in [3.63, 3.8) is 0 Å². The molecule has 4 N–H and O–H groups in total. The molecule has 8 heteroatoms. The number of aromatic carboxylic acids is 1. The smallest absolute Gasteiger partial charge is 0.478 e. The highest BCUT2D eigenvalue weighted by Gasteiger charge is 2.31. The number of hydrogen-bond donors (Lipinski definition) is 3. The fourth-order valence-electron chi connectivity index (χ4n) is 2.00. The normalized spacial score (nSPS) is 11.1. The summed E-state index contributed by atoms with van der Waals surface area (Å²) >= 11 is 0. The maximum Gasteiger partial charge on any atom is 0.573 e. The summed E-state index contributed by atoms with van der Waals surface area (Å²) in [6.45, 7) is 1.61. The average molecular weight is 326 g/mol. The number of halogens is 3. The maximum absolute atomic E-state index is 12.2. The number of carbonyl (C=O) groups is 1. The highest BCUT2D eigenvalue weighted by atomic mass is 19.4. The van der Waals surface area contributed by atoms with Crippen LogP contribution in [0.5, 0.6) is 5.75 Å². The Bertz CT molecular complexity index is 745. The molecule has 0 unspecified atom stereocenters. The zero-order valence-corrected chi connectivity index (χ0v) is 11.9. The molecule has 0 heterocycles. The van der Waals surface area contributed by atoms with E-state index in [0.29, 0.717) is 16.9 Å². The van der Waals surface area contributed by atoms with Crippen LogP contribution < -0.4 is 15.8 Å². The Morgan fingerprint density at radius 2 is 1.91 bits per heavy atom. The number of carboxylic acids is 1. The van der Waals surface area contributed by atoms with Crippen molar-refractivity contribution < 1.29 is 27.8 Å². The molecule has 0 aliphatic carbocycles. The molecular weight excluding hydrogens is 313 g/mol. The predicted molar refractivity (Wildman–Crippen MR) is 79.0 cm³/mol. The second-order valence-electron chi connectivity index (χ2n) is 4.71. The Kier molecular flexibility index (Phi) is 4.35. The van der Waals surface area contributed by atoms with Gasteiger partial charge in [0.1, 0.15) is 5.75 Å². The SMILES string of the molecule is Cc1c(Nc2ccc(OC(F)(F)F)cc2N)cccc1C(=O)O. The lowest BCUT2D eigenvalue weighted by Crippen LogP contribution is -2.17. The number of alkyl halides is 3. The molecule has 2 aromatic carbocycles. The number of anilines is 3. The Morgan fingerprint density at radius 3 is 2.48 bits per heavy atom. The summed E-state index contributed by atoms with van der Waals surface area (Å²) in [6, 6.07) is 8.11. The molecule has 122 valence electrons. The monoisotopic (exact) mass is 326 g/mol. The largest absolute Gasteiger partial charge is 0.573 e. The zero-order valence-electron chi connectivity index (χ0n) is 11.9. The number of nitrogen functional groups attached to an aromatic ring is 1. The number of ether oxygens (including phenoxy) is 1. The van der Waals surface area contributed by atoms with E-state index in [4.69, 9.17) is 10.8 Å². The molecule has 0 aromatic heterocycles. The van der Waals surface area contributed by atoms with E-state index >= 15 is 0 Å². The molecule has 0 amide bonds. The highest BCUT2D eigenvalue weighted by Crippen LogP contribution is 2.31. The molecular formula is C15H13F3N2O3. The standard InChI is InChI=1S/C15H13F3N2O3/c1-8-10(14(21)22)3-2-4-12(8)20-13-6-5-9(7-11(13)19)23-15(16,17)18/h2-7,20H,19H2,1H3,(H,21,22). The van der Waals surface area contributed by atoms with Crippen molar-refractivity contribution in [3.05, 3.63) is 47.5 Å². The van der Waals surface area contributed by atoms with Gasteiger partial charge >= 0.3 is 12.3 Å². The maximum atomic E-state index is 12.2. The average Bonchev–Trinajstić information content (AvgIpc) is 2.41. The van der Waals surface area contributed by atoms with E-state index < -0.39 is 18.1 Å². The first-order valence-corrected chi connectivity index (χ1v) is 6.42. The first-order valence-electron chi connectivity index (χ1n) is 6.42. The molecule has 0 atom stereocenters. The van der Waals surface area contributed by atoms with Crippen LogP contribution in [0.3, 0.4) is 0 Å². The lowest BCUT2D eigenvalue weighted by Gasteiger charge is -2.15. The molecule has 0 spiro atoms. The van der Waals surface area contributed by atoms with Gasteiger partial charge in [-0.3, -0.25) is 0 Å². The van der Waals surface area contributed by atoms with Crippen molar-refractivity contribution in [2.45, 2.75) is 13.3 Å². The Balaban J connectivity index is 2.28. The van der Waals surface area contributed by atoms with Crippen LogP contribution in [-0.2, 0) is 0 Å². The van der Waals surface area contributed by atoms with Gasteiger partial charge in [-0.15, -0.1) is 13.2 Å². The van der Waals surface area contributed by atoms with E-state index in [1.807, 2.05) is 0 Å². The Hall–Kier alpha value is -2.90. The number of nitrogens with one attached hydrogen (secondary N) is 1. The van der Waals surface area contributed by atoms with Gasteiger partial charge in [-0.1, -0.05) is 6.07 Å². The van der Waals surface area contributed by atoms with E-state index in [0.717, 1.165) is 12.1 Å². The molecule has 5 nitrogen and oxygen atoms in total. The van der Waals surface area contributed by atoms with Crippen LogP contribution >= 0.6 is 0 Å². The molecule has 0 fully saturated rings. The van der Waals surface area contributed by atoms with Gasteiger partial charge in [-0.25, -0.2) is 4.79 Å². The van der Waals surface area contributed by atoms with Crippen molar-refractivity contribution >= 4 is 23.0 Å². The van der Waals surface area contributed by atoms with Gasteiger partial charge < -0.3 is 20.9 Å². The summed E-state index contributed by atoms with van der Waals surface area (Å²) in [5, 5.41) is 12.0. The minimum Gasteiger partial charge on any atom is -0.478 e. The third-order valence-corrected chi connectivity index (χ3v) is 3.09. The van der Waals surface area contributed by atoms with Crippen molar-refractivity contribution in [2.24, 2.45) is 0 Å². The second kappa shape index (κ2) is 6.07. The quantitative estimate of drug-likeness (QED) is 0.742. The van der Waals surface area contributed by atoms with Crippen LogP contribution in [0.4, 0.5) is 30.2 Å². The van der Waals surface area contributed by atoms with Crippen LogP contribution in [0.15, 0.2) is 36.4 Å². The lowest BCUT2D eigenvalue weighted by molar-refractivity contribution is -0.274. The summed E-state index contributed by atoms with van der Waals surface area (Å²) in [5.41, 5.74) is 7.17. The minimum absolute atomic E-state index is 0.0341. The van der Waals surface area contributed by atoms with Crippen molar-refractivity contribution in [3.8, 4) is 5.75 Å². The number of carboxylic acid groups (broad SMARTS) is 1. The zero-order chi connectivity index (χ0) is 17.2. The highest BCUT2D eigenvalue weighted by molar-refractivity contribution is 5.92. The molecule has 2 aromatic rings. The first-order chi connectivity index (χ1) is 10.7. The predicted octanol–water partition coefficient (Wildman–Crippen LogP) is 3.92. The number of benzene rings is 2. The number of hydrogen-bond acceptors (Lipinski definition) is 4. The molecule has 0 saturated heterocycles. The second-order valence-corrected chi connectivity index (χ2v) is 4.71. The summed E-state index contributed by atoms with van der Waals surface area (Å²) in [6.07, 6.45) is -4.80. The third kappa shape index (κ3) is 4.06. The molecule has 2 rings (SSSR count). The van der Waals surface area contributed by atoms with Crippen molar-refractivity contribution in [1.82, 2.24) is 0 Å². The Labute approximate surface area is 129 Å². The van der Waals surface area contributed by atoms with Crippen LogP contribution in [-0.4, -0.2) is 17.4 Å². The van der Waals surface area contributed by atoms with Crippen molar-refractivity contribution in [1.29, 1.82) is 0 Å². The van der Waals surface area contributed by atoms with Gasteiger partial charge in [-0.2, -0.15) is 0 Å². The van der Waals surface area contributed by atoms with Crippen LogP contribution in [0.25, 0.3) is 0 Å². The van der Waals surface area contributed by atoms with E-state index in [1.165, 1.54) is 12.1 Å². The van der Waals surface area contributed by atoms with Gasteiger partial charge in [-0.05, 0) is 36.8 Å². The first kappa shape index (κ1) is 16.5. The van der Waals surface area contributed by atoms with Gasteiger partial charge in [0.2, 0.25) is 0 Å².